The van der Waals surface area contributed by atoms with Gasteiger partial charge in [-0.1, -0.05) is 53.0 Å². The van der Waals surface area contributed by atoms with E-state index in [-0.39, 0.29) is 24.6 Å². The molecule has 0 heterocycles. The van der Waals surface area contributed by atoms with Gasteiger partial charge in [0.15, 0.2) is 0 Å². The Labute approximate surface area is 201 Å². The Bertz CT molecular complexity index is 911. The van der Waals surface area contributed by atoms with E-state index in [1.165, 1.54) is 19.3 Å². The number of carbonyl (C=O) groups is 3. The maximum atomic E-state index is 12.9. The lowest BCUT2D eigenvalue weighted by atomic mass is 9.84. The van der Waals surface area contributed by atoms with Crippen molar-refractivity contribution >= 4 is 28.2 Å². The van der Waals surface area contributed by atoms with Crippen molar-refractivity contribution in [1.82, 2.24) is 9.42 Å². The predicted octanol–water partition coefficient (Wildman–Crippen LogP) is 3.73. The SMILES string of the molecule is C=CCOC(=O)N(C(=O)OCC=C)N([C@H]1C=C(CCC=C(C)C)CC[C@H]1C(=O)OC)S(C)(=O)=O. The molecule has 0 spiro atoms. The van der Waals surface area contributed by atoms with E-state index < -0.39 is 40.1 Å². The number of allylic oxidation sites excluding steroid dienone is 3. The third kappa shape index (κ3) is 8.45. The average Bonchev–Trinajstić information content (AvgIpc) is 2.77. The molecular weight excluding hydrogens is 464 g/mol. The largest absolute Gasteiger partial charge is 0.469 e. The summed E-state index contributed by atoms with van der Waals surface area (Å²) in [5.74, 6) is -1.63. The van der Waals surface area contributed by atoms with Gasteiger partial charge in [0.25, 0.3) is 0 Å². The van der Waals surface area contributed by atoms with Crippen LogP contribution in [0.2, 0.25) is 0 Å². The fourth-order valence-electron chi connectivity index (χ4n) is 3.45. The van der Waals surface area contributed by atoms with Crippen LogP contribution in [0.5, 0.6) is 0 Å². The Balaban J connectivity index is 3.60. The summed E-state index contributed by atoms with van der Waals surface area (Å²) in [4.78, 5) is 38.1. The molecule has 0 fully saturated rings. The number of ether oxygens (including phenoxy) is 3. The number of hydrogen-bond donors (Lipinski definition) is 0. The second-order valence-electron chi connectivity index (χ2n) is 7.88. The summed E-state index contributed by atoms with van der Waals surface area (Å²) in [5, 5.41) is 0.248. The number of hydrazine groups is 1. The number of esters is 1. The second kappa shape index (κ2) is 13.7. The average molecular weight is 499 g/mol. The molecule has 10 nitrogen and oxygen atoms in total. The van der Waals surface area contributed by atoms with Gasteiger partial charge in [-0.05, 0) is 39.5 Å². The summed E-state index contributed by atoms with van der Waals surface area (Å²) in [5.41, 5.74) is 2.02. The van der Waals surface area contributed by atoms with Crippen LogP contribution in [0.15, 0.2) is 48.6 Å². The van der Waals surface area contributed by atoms with Crippen molar-refractivity contribution in [3.8, 4) is 0 Å². The molecule has 0 bridgehead atoms. The molecule has 0 aromatic heterocycles. The summed E-state index contributed by atoms with van der Waals surface area (Å²) in [6.45, 7) is 10.2. The molecule has 190 valence electrons. The van der Waals surface area contributed by atoms with Gasteiger partial charge >= 0.3 is 18.2 Å². The molecule has 11 heteroatoms. The standard InChI is InChI=1S/C23H34N2O8S/c1-7-14-32-22(27)24(23(28)33-15-8-2)25(34(6,29)30)20-16-18(11-9-10-17(3)4)12-13-19(20)21(26)31-5/h7-8,10,16,19-20H,1-2,9,11-15H2,3-6H3/t19-,20+/m1/s1. The molecule has 0 aromatic rings. The number of imide groups is 1. The third-order valence-electron chi connectivity index (χ3n) is 4.90. The maximum Gasteiger partial charge on any atom is 0.435 e. The van der Waals surface area contributed by atoms with Crippen molar-refractivity contribution in [3.05, 3.63) is 48.6 Å². The van der Waals surface area contributed by atoms with Crippen LogP contribution in [-0.4, -0.2) is 68.6 Å². The van der Waals surface area contributed by atoms with E-state index in [2.05, 4.69) is 13.2 Å². The molecule has 0 saturated carbocycles. The zero-order valence-electron chi connectivity index (χ0n) is 20.2. The summed E-state index contributed by atoms with van der Waals surface area (Å²) in [7, 11) is -3.11. The molecule has 1 rings (SSSR count). The normalized spacial score (nSPS) is 17.7. The van der Waals surface area contributed by atoms with Gasteiger partial charge in [0.2, 0.25) is 10.0 Å². The lowest BCUT2D eigenvalue weighted by molar-refractivity contribution is -0.148. The topological polar surface area (TPSA) is 120 Å². The third-order valence-corrected chi connectivity index (χ3v) is 5.99. The zero-order valence-corrected chi connectivity index (χ0v) is 21.0. The Kier molecular flexibility index (Phi) is 11.7. The minimum absolute atomic E-state index is 0.248. The Morgan fingerprint density at radius 2 is 1.68 bits per heavy atom. The zero-order chi connectivity index (χ0) is 25.9. The highest BCUT2D eigenvalue weighted by Gasteiger charge is 2.47. The first-order valence-corrected chi connectivity index (χ1v) is 12.6. The van der Waals surface area contributed by atoms with Crippen molar-refractivity contribution in [2.45, 2.75) is 45.6 Å². The summed E-state index contributed by atoms with van der Waals surface area (Å²) < 4.78 is 41.2. The first kappa shape index (κ1) is 29.1. The Morgan fingerprint density at radius 1 is 1.12 bits per heavy atom. The number of amides is 2. The molecule has 1 aliphatic rings. The Hall–Kier alpha value is -2.92. The minimum Gasteiger partial charge on any atom is -0.469 e. The monoisotopic (exact) mass is 498 g/mol. The number of methoxy groups -OCH3 is 1. The molecule has 0 aromatic carbocycles. The highest BCUT2D eigenvalue weighted by Crippen LogP contribution is 2.33. The molecule has 2 amide bonds. The minimum atomic E-state index is -4.29. The fourth-order valence-corrected chi connectivity index (χ4v) is 4.53. The van der Waals surface area contributed by atoms with Crippen LogP contribution in [0.25, 0.3) is 0 Å². The van der Waals surface area contributed by atoms with Crippen molar-refractivity contribution in [3.63, 3.8) is 0 Å². The van der Waals surface area contributed by atoms with E-state index in [0.29, 0.717) is 17.3 Å². The summed E-state index contributed by atoms with van der Waals surface area (Å²) in [6.07, 6.45) is 6.52. The lowest BCUT2D eigenvalue weighted by Gasteiger charge is -2.39. The summed E-state index contributed by atoms with van der Waals surface area (Å²) >= 11 is 0. The van der Waals surface area contributed by atoms with Gasteiger partial charge in [0.05, 0.1) is 25.3 Å². The quantitative estimate of drug-likeness (QED) is 0.183. The van der Waals surface area contributed by atoms with Gasteiger partial charge < -0.3 is 14.2 Å². The molecule has 0 saturated heterocycles. The van der Waals surface area contributed by atoms with E-state index >= 15 is 0 Å². The molecule has 0 unspecified atom stereocenters. The van der Waals surface area contributed by atoms with Crippen molar-refractivity contribution in [2.75, 3.05) is 26.6 Å². The van der Waals surface area contributed by atoms with Crippen molar-refractivity contribution in [1.29, 1.82) is 0 Å². The number of nitrogens with zero attached hydrogens (tertiary/aromatic N) is 2. The van der Waals surface area contributed by atoms with Crippen LogP contribution in [0, 0.1) is 5.92 Å². The van der Waals surface area contributed by atoms with E-state index in [1.54, 1.807) is 6.08 Å². The van der Waals surface area contributed by atoms with E-state index in [9.17, 15) is 22.8 Å². The number of rotatable bonds is 11. The first-order chi connectivity index (χ1) is 16.0. The smallest absolute Gasteiger partial charge is 0.435 e. The molecule has 1 aliphatic carbocycles. The van der Waals surface area contributed by atoms with E-state index in [1.807, 2.05) is 19.9 Å². The number of carbonyl (C=O) groups excluding carboxylic acids is 3. The van der Waals surface area contributed by atoms with Gasteiger partial charge in [0, 0.05) is 0 Å². The maximum absolute atomic E-state index is 12.9. The van der Waals surface area contributed by atoms with Crippen LogP contribution in [0.4, 0.5) is 9.59 Å². The number of sulfonamides is 1. The molecular formula is C23H34N2O8S. The highest BCUT2D eigenvalue weighted by atomic mass is 32.2. The number of hydrogen-bond acceptors (Lipinski definition) is 8. The second-order valence-corrected chi connectivity index (χ2v) is 9.72. The molecule has 2 atom stereocenters. The van der Waals surface area contributed by atoms with Crippen LogP contribution in [0.3, 0.4) is 0 Å². The van der Waals surface area contributed by atoms with Crippen LogP contribution in [-0.2, 0) is 29.0 Å². The van der Waals surface area contributed by atoms with Crippen molar-refractivity contribution < 1.29 is 37.0 Å². The van der Waals surface area contributed by atoms with Crippen molar-refractivity contribution in [2.24, 2.45) is 5.92 Å². The molecule has 0 aliphatic heterocycles. The van der Waals surface area contributed by atoms with Gasteiger partial charge in [-0.25, -0.2) is 18.0 Å². The molecule has 34 heavy (non-hydrogen) atoms. The Morgan fingerprint density at radius 3 is 2.12 bits per heavy atom. The van der Waals surface area contributed by atoms with Gasteiger partial charge in [-0.2, -0.15) is 0 Å². The highest BCUT2D eigenvalue weighted by molar-refractivity contribution is 7.88. The van der Waals surface area contributed by atoms with Gasteiger partial charge in [0.1, 0.15) is 13.2 Å². The summed E-state index contributed by atoms with van der Waals surface area (Å²) in [6, 6.07) is -1.22. The first-order valence-electron chi connectivity index (χ1n) is 10.7. The molecule has 0 radical (unpaired) electrons. The van der Waals surface area contributed by atoms with Gasteiger partial charge in [-0.15, -0.1) is 5.01 Å². The van der Waals surface area contributed by atoms with Crippen LogP contribution in [0.1, 0.15) is 39.5 Å². The molecule has 0 N–H and O–H groups in total. The predicted molar refractivity (Wildman–Crippen MR) is 127 cm³/mol. The van der Waals surface area contributed by atoms with Crippen LogP contribution >= 0.6 is 0 Å². The van der Waals surface area contributed by atoms with E-state index in [0.717, 1.165) is 23.8 Å². The lowest BCUT2D eigenvalue weighted by Crippen LogP contribution is -2.59. The van der Waals surface area contributed by atoms with Gasteiger partial charge in [-0.3, -0.25) is 4.79 Å². The van der Waals surface area contributed by atoms with Crippen LogP contribution < -0.4 is 0 Å². The van der Waals surface area contributed by atoms with E-state index in [4.69, 9.17) is 14.2 Å². The fraction of sp³-hybridized carbons (Fsp3) is 0.522.